The Hall–Kier alpha value is -2.33. The molecular weight excluding hydrogens is 406 g/mol. The van der Waals surface area contributed by atoms with Crippen LogP contribution in [0.3, 0.4) is 0 Å². The summed E-state index contributed by atoms with van der Waals surface area (Å²) in [7, 11) is 1.69. The van der Waals surface area contributed by atoms with Gasteiger partial charge in [0.2, 0.25) is 0 Å². The molecule has 0 bridgehead atoms. The van der Waals surface area contributed by atoms with Gasteiger partial charge < -0.3 is 15.2 Å². The fourth-order valence-corrected chi connectivity index (χ4v) is 6.15. The Bertz CT molecular complexity index is 971. The quantitative estimate of drug-likeness (QED) is 0.611. The number of fused-ring (bicyclic) bond motifs is 1. The molecule has 1 saturated carbocycles. The maximum atomic E-state index is 12.1. The lowest BCUT2D eigenvalue weighted by molar-refractivity contribution is -0.0845. The van der Waals surface area contributed by atoms with E-state index in [0.717, 1.165) is 30.8 Å². The van der Waals surface area contributed by atoms with Gasteiger partial charge in [0.25, 0.3) is 0 Å². The molecule has 3 unspecified atom stereocenters. The van der Waals surface area contributed by atoms with E-state index in [2.05, 4.69) is 66.0 Å². The van der Waals surface area contributed by atoms with Crippen molar-refractivity contribution in [2.45, 2.75) is 23.9 Å². The number of ether oxygens (including phenoxy) is 1. The molecular formula is C27H30ClNO2. The minimum absolute atomic E-state index is 0. The van der Waals surface area contributed by atoms with Crippen LogP contribution in [0, 0.1) is 11.8 Å². The number of hydrogen-bond donors (Lipinski definition) is 2. The molecule has 1 heterocycles. The number of hydrogen-bond acceptors (Lipinski definition) is 3. The van der Waals surface area contributed by atoms with Gasteiger partial charge in [-0.1, -0.05) is 78.9 Å². The van der Waals surface area contributed by atoms with Gasteiger partial charge in [-0.2, -0.15) is 0 Å². The largest absolute Gasteiger partial charge is 0.496 e. The number of halogens is 1. The van der Waals surface area contributed by atoms with E-state index in [-0.39, 0.29) is 29.7 Å². The Morgan fingerprint density at radius 2 is 1.32 bits per heavy atom. The van der Waals surface area contributed by atoms with Crippen LogP contribution in [-0.4, -0.2) is 25.3 Å². The maximum Gasteiger partial charge on any atom is 0.124 e. The predicted octanol–water partition coefficient (Wildman–Crippen LogP) is 4.92. The van der Waals surface area contributed by atoms with Gasteiger partial charge in [-0.25, -0.2) is 0 Å². The Morgan fingerprint density at radius 1 is 0.774 bits per heavy atom. The van der Waals surface area contributed by atoms with Crippen LogP contribution in [0.2, 0.25) is 0 Å². The highest BCUT2D eigenvalue weighted by Crippen LogP contribution is 2.58. The Balaban J connectivity index is 0.00000231. The van der Waals surface area contributed by atoms with Gasteiger partial charge >= 0.3 is 0 Å². The summed E-state index contributed by atoms with van der Waals surface area (Å²) in [5.74, 6) is 1.16. The normalized spacial score (nSPS) is 26.5. The first kappa shape index (κ1) is 21.9. The SMILES string of the molecule is COc1ccccc1C1(O)CCC(c2ccccc2)(c2ccccc2)C2CNCC21.Cl. The van der Waals surface area contributed by atoms with Crippen LogP contribution in [0.25, 0.3) is 0 Å². The summed E-state index contributed by atoms with van der Waals surface area (Å²) in [6.07, 6.45) is 1.58. The molecule has 0 aromatic heterocycles. The first-order chi connectivity index (χ1) is 14.7. The monoisotopic (exact) mass is 435 g/mol. The summed E-state index contributed by atoms with van der Waals surface area (Å²) in [4.78, 5) is 0. The second kappa shape index (κ2) is 8.66. The van der Waals surface area contributed by atoms with Crippen molar-refractivity contribution in [2.24, 2.45) is 11.8 Å². The van der Waals surface area contributed by atoms with Crippen LogP contribution < -0.4 is 10.1 Å². The van der Waals surface area contributed by atoms with Crippen molar-refractivity contribution < 1.29 is 9.84 Å². The zero-order chi connectivity index (χ0) is 20.6. The van der Waals surface area contributed by atoms with Crippen molar-refractivity contribution >= 4 is 12.4 Å². The molecule has 3 aromatic rings. The molecule has 3 aromatic carbocycles. The number of rotatable bonds is 4. The van der Waals surface area contributed by atoms with Crippen LogP contribution >= 0.6 is 12.4 Å². The molecule has 3 nitrogen and oxygen atoms in total. The third-order valence-corrected chi connectivity index (χ3v) is 7.51. The van der Waals surface area contributed by atoms with E-state index in [4.69, 9.17) is 4.74 Å². The number of aliphatic hydroxyl groups is 1. The maximum absolute atomic E-state index is 12.1. The number of nitrogens with one attached hydrogen (secondary N) is 1. The first-order valence-electron chi connectivity index (χ1n) is 10.9. The molecule has 0 radical (unpaired) electrons. The molecule has 1 saturated heterocycles. The predicted molar refractivity (Wildman–Crippen MR) is 127 cm³/mol. The molecule has 31 heavy (non-hydrogen) atoms. The van der Waals surface area contributed by atoms with Gasteiger partial charge in [-0.05, 0) is 42.5 Å². The molecule has 162 valence electrons. The number of methoxy groups -OCH3 is 1. The van der Waals surface area contributed by atoms with E-state index < -0.39 is 5.60 Å². The van der Waals surface area contributed by atoms with Gasteiger partial charge in [-0.3, -0.25) is 0 Å². The molecule has 3 atom stereocenters. The fraction of sp³-hybridized carbons (Fsp3) is 0.333. The second-order valence-electron chi connectivity index (χ2n) is 8.70. The van der Waals surface area contributed by atoms with E-state index >= 15 is 0 Å². The molecule has 0 amide bonds. The Morgan fingerprint density at radius 3 is 1.94 bits per heavy atom. The lowest BCUT2D eigenvalue weighted by Gasteiger charge is -2.53. The lowest BCUT2D eigenvalue weighted by Crippen LogP contribution is -2.53. The lowest BCUT2D eigenvalue weighted by atomic mass is 9.52. The number of para-hydroxylation sites is 1. The van der Waals surface area contributed by atoms with E-state index in [1.165, 1.54) is 11.1 Å². The van der Waals surface area contributed by atoms with Gasteiger partial charge in [0.05, 0.1) is 12.7 Å². The van der Waals surface area contributed by atoms with Crippen molar-refractivity contribution in [3.63, 3.8) is 0 Å². The topological polar surface area (TPSA) is 41.5 Å². The van der Waals surface area contributed by atoms with Crippen molar-refractivity contribution in [3.8, 4) is 5.75 Å². The summed E-state index contributed by atoms with van der Waals surface area (Å²) in [6.45, 7) is 1.70. The van der Waals surface area contributed by atoms with E-state index in [1.54, 1.807) is 7.11 Å². The molecule has 4 heteroatoms. The molecule has 5 rings (SSSR count). The van der Waals surface area contributed by atoms with Crippen LogP contribution in [0.1, 0.15) is 29.5 Å². The third kappa shape index (κ3) is 3.36. The van der Waals surface area contributed by atoms with E-state index in [0.29, 0.717) is 6.42 Å². The van der Waals surface area contributed by atoms with Crippen LogP contribution in [0.5, 0.6) is 5.75 Å². The fourth-order valence-electron chi connectivity index (χ4n) is 6.15. The van der Waals surface area contributed by atoms with Crippen molar-refractivity contribution in [3.05, 3.63) is 102 Å². The zero-order valence-corrected chi connectivity index (χ0v) is 18.6. The Kier molecular flexibility index (Phi) is 6.11. The van der Waals surface area contributed by atoms with Crippen LogP contribution in [-0.2, 0) is 11.0 Å². The molecule has 1 aliphatic carbocycles. The first-order valence-corrected chi connectivity index (χ1v) is 10.9. The molecule has 1 aliphatic heterocycles. The van der Waals surface area contributed by atoms with E-state index in [9.17, 15) is 5.11 Å². The van der Waals surface area contributed by atoms with E-state index in [1.807, 2.05) is 24.3 Å². The standard InChI is InChI=1S/C27H29NO2.ClH/c1-30-25-15-9-8-14-22(25)27(29)17-16-26(20-10-4-2-5-11-20,21-12-6-3-7-13-21)23-18-28-19-24(23)27;/h2-15,23-24,28-29H,16-19H2,1H3;1H. The summed E-state index contributed by atoms with van der Waals surface area (Å²) in [6, 6.07) is 29.7. The molecule has 2 fully saturated rings. The zero-order valence-electron chi connectivity index (χ0n) is 17.8. The minimum atomic E-state index is -0.909. The highest BCUT2D eigenvalue weighted by atomic mass is 35.5. The summed E-state index contributed by atoms with van der Waals surface area (Å²) in [5, 5.41) is 15.8. The van der Waals surface area contributed by atoms with Gasteiger partial charge in [0.15, 0.2) is 0 Å². The smallest absolute Gasteiger partial charge is 0.124 e. The highest BCUT2D eigenvalue weighted by molar-refractivity contribution is 5.85. The van der Waals surface area contributed by atoms with Crippen molar-refractivity contribution in [2.75, 3.05) is 20.2 Å². The average molecular weight is 436 g/mol. The molecule has 2 aliphatic rings. The number of benzene rings is 3. The molecule has 2 N–H and O–H groups in total. The summed E-state index contributed by atoms with van der Waals surface area (Å²) >= 11 is 0. The van der Waals surface area contributed by atoms with Crippen LogP contribution in [0.4, 0.5) is 0 Å². The van der Waals surface area contributed by atoms with Crippen molar-refractivity contribution in [1.82, 2.24) is 5.32 Å². The minimum Gasteiger partial charge on any atom is -0.496 e. The summed E-state index contributed by atoms with van der Waals surface area (Å²) in [5.41, 5.74) is 2.58. The third-order valence-electron chi connectivity index (χ3n) is 7.51. The van der Waals surface area contributed by atoms with Gasteiger partial charge in [0, 0.05) is 23.4 Å². The second-order valence-corrected chi connectivity index (χ2v) is 8.70. The Labute approximate surface area is 190 Å². The summed E-state index contributed by atoms with van der Waals surface area (Å²) < 4.78 is 5.65. The molecule has 0 spiro atoms. The highest BCUT2D eigenvalue weighted by Gasteiger charge is 2.59. The van der Waals surface area contributed by atoms with Gasteiger partial charge in [0.1, 0.15) is 5.75 Å². The van der Waals surface area contributed by atoms with Crippen molar-refractivity contribution in [1.29, 1.82) is 0 Å². The van der Waals surface area contributed by atoms with Crippen LogP contribution in [0.15, 0.2) is 84.9 Å². The average Bonchev–Trinajstić information content (AvgIpc) is 3.33. The van der Waals surface area contributed by atoms with Gasteiger partial charge in [-0.15, -0.1) is 12.4 Å².